The first-order valence-corrected chi connectivity index (χ1v) is 7.73. The number of nitrogens with zero attached hydrogens (tertiary/aromatic N) is 2. The van der Waals surface area contributed by atoms with E-state index < -0.39 is 0 Å². The van der Waals surface area contributed by atoms with Crippen molar-refractivity contribution in [2.75, 3.05) is 6.61 Å². The Morgan fingerprint density at radius 3 is 3.10 bits per heavy atom. The highest BCUT2D eigenvalue weighted by Gasteiger charge is 2.23. The van der Waals surface area contributed by atoms with Crippen LogP contribution < -0.4 is 5.32 Å². The number of aromatic nitrogens is 2. The molecule has 0 aliphatic heterocycles. The third kappa shape index (κ3) is 2.91. The summed E-state index contributed by atoms with van der Waals surface area (Å²) in [6.07, 6.45) is 6.39. The fourth-order valence-corrected chi connectivity index (χ4v) is 3.24. The minimum atomic E-state index is -0.125. The third-order valence-corrected chi connectivity index (χ3v) is 4.43. The van der Waals surface area contributed by atoms with Gasteiger partial charge in [-0.1, -0.05) is 18.2 Å². The Bertz CT molecular complexity index is 661. The fraction of sp³-hybridized carbons (Fsp3) is 0.333. The van der Waals surface area contributed by atoms with Crippen LogP contribution in [0, 0.1) is 5.92 Å². The minimum Gasteiger partial charge on any atom is -0.396 e. The van der Waals surface area contributed by atoms with E-state index in [0.29, 0.717) is 11.3 Å². The van der Waals surface area contributed by atoms with E-state index in [1.54, 1.807) is 22.2 Å². The zero-order valence-corrected chi connectivity index (χ0v) is 12.5. The summed E-state index contributed by atoms with van der Waals surface area (Å²) in [5, 5.41) is 18.5. The summed E-state index contributed by atoms with van der Waals surface area (Å²) in [4.78, 5) is 13.5. The lowest BCUT2D eigenvalue weighted by atomic mass is 10.1. The number of carbonyl (C=O) groups is 1. The third-order valence-electron chi connectivity index (χ3n) is 3.55. The molecular formula is C15H17N3O2S. The van der Waals surface area contributed by atoms with Gasteiger partial charge in [0.15, 0.2) is 0 Å². The molecular weight excluding hydrogens is 286 g/mol. The molecule has 1 aliphatic carbocycles. The highest BCUT2D eigenvalue weighted by atomic mass is 32.1. The molecule has 1 aliphatic rings. The summed E-state index contributed by atoms with van der Waals surface area (Å²) in [6, 6.07) is 3.88. The monoisotopic (exact) mass is 303 g/mol. The lowest BCUT2D eigenvalue weighted by Gasteiger charge is -2.12. The number of carbonyl (C=O) groups excluding carboxylic acids is 1. The number of amides is 1. The second kappa shape index (κ2) is 5.83. The molecule has 2 aromatic rings. The molecule has 1 amide bonds. The summed E-state index contributed by atoms with van der Waals surface area (Å²) in [6.45, 7) is 0.121. The first-order valence-electron chi connectivity index (χ1n) is 6.85. The number of thiophene rings is 1. The van der Waals surface area contributed by atoms with Gasteiger partial charge >= 0.3 is 0 Å². The average molecular weight is 303 g/mol. The van der Waals surface area contributed by atoms with Crippen LogP contribution >= 0.6 is 11.3 Å². The van der Waals surface area contributed by atoms with Gasteiger partial charge in [0, 0.05) is 31.8 Å². The van der Waals surface area contributed by atoms with Crippen LogP contribution in [0.5, 0.6) is 0 Å². The van der Waals surface area contributed by atoms with Gasteiger partial charge in [0.25, 0.3) is 5.91 Å². The SMILES string of the molecule is Cn1cc(C(=O)N[C@@H]2C=C[C@H](CO)C2)c(-c2cccs2)n1. The summed E-state index contributed by atoms with van der Waals surface area (Å²) >= 11 is 1.56. The summed E-state index contributed by atoms with van der Waals surface area (Å²) in [7, 11) is 1.81. The lowest BCUT2D eigenvalue weighted by Crippen LogP contribution is -2.33. The van der Waals surface area contributed by atoms with Gasteiger partial charge in [0.05, 0.1) is 10.4 Å². The number of aliphatic hydroxyl groups is 1. The van der Waals surface area contributed by atoms with Crippen LogP contribution in [-0.4, -0.2) is 33.4 Å². The number of aliphatic hydroxyl groups excluding tert-OH is 1. The van der Waals surface area contributed by atoms with Crippen LogP contribution in [0.25, 0.3) is 10.6 Å². The Hall–Kier alpha value is -1.92. The first-order chi connectivity index (χ1) is 10.2. The predicted octanol–water partition coefficient (Wildman–Crippen LogP) is 1.82. The molecule has 2 atom stereocenters. The van der Waals surface area contributed by atoms with E-state index in [1.807, 2.05) is 36.7 Å². The summed E-state index contributed by atoms with van der Waals surface area (Å²) < 4.78 is 1.66. The van der Waals surface area contributed by atoms with Gasteiger partial charge in [-0.25, -0.2) is 0 Å². The van der Waals surface area contributed by atoms with E-state index in [1.165, 1.54) is 0 Å². The summed E-state index contributed by atoms with van der Waals surface area (Å²) in [5.74, 6) is 0.0145. The number of hydrogen-bond acceptors (Lipinski definition) is 4. The van der Waals surface area contributed by atoms with E-state index in [-0.39, 0.29) is 24.5 Å². The van der Waals surface area contributed by atoms with Crippen molar-refractivity contribution in [2.24, 2.45) is 13.0 Å². The van der Waals surface area contributed by atoms with Gasteiger partial charge in [-0.05, 0) is 17.9 Å². The van der Waals surface area contributed by atoms with Crippen molar-refractivity contribution < 1.29 is 9.90 Å². The van der Waals surface area contributed by atoms with Crippen LogP contribution in [0.4, 0.5) is 0 Å². The van der Waals surface area contributed by atoms with Crippen molar-refractivity contribution >= 4 is 17.2 Å². The topological polar surface area (TPSA) is 67.2 Å². The standard InChI is InChI=1S/C15H17N3O2S/c1-18-8-12(14(17-18)13-3-2-6-21-13)15(20)16-11-5-4-10(7-11)9-19/h2-6,8,10-11,19H,7,9H2,1H3,(H,16,20)/t10-,11+/m0/s1. The molecule has 21 heavy (non-hydrogen) atoms. The molecule has 0 unspecified atom stereocenters. The van der Waals surface area contributed by atoms with Crippen molar-refractivity contribution in [3.05, 3.63) is 41.4 Å². The molecule has 0 saturated heterocycles. The molecule has 0 radical (unpaired) electrons. The molecule has 6 heteroatoms. The Morgan fingerprint density at radius 2 is 2.43 bits per heavy atom. The number of aryl methyl sites for hydroxylation is 1. The zero-order chi connectivity index (χ0) is 14.8. The maximum atomic E-state index is 12.5. The number of nitrogens with one attached hydrogen (secondary N) is 1. The quantitative estimate of drug-likeness (QED) is 0.847. The Balaban J connectivity index is 1.78. The van der Waals surface area contributed by atoms with Crippen LogP contribution in [0.1, 0.15) is 16.8 Å². The molecule has 2 aromatic heterocycles. The van der Waals surface area contributed by atoms with Gasteiger partial charge < -0.3 is 10.4 Å². The van der Waals surface area contributed by atoms with Gasteiger partial charge in [0.2, 0.25) is 0 Å². The molecule has 0 fully saturated rings. The molecule has 0 aromatic carbocycles. The van der Waals surface area contributed by atoms with Crippen molar-refractivity contribution in [3.63, 3.8) is 0 Å². The van der Waals surface area contributed by atoms with Gasteiger partial charge in [-0.3, -0.25) is 9.48 Å². The van der Waals surface area contributed by atoms with E-state index in [4.69, 9.17) is 5.11 Å². The van der Waals surface area contributed by atoms with Crippen molar-refractivity contribution in [1.82, 2.24) is 15.1 Å². The van der Waals surface area contributed by atoms with Gasteiger partial charge in [-0.2, -0.15) is 5.10 Å². The highest BCUT2D eigenvalue weighted by molar-refractivity contribution is 7.13. The second-order valence-corrected chi connectivity index (χ2v) is 6.13. The maximum absolute atomic E-state index is 12.5. The second-order valence-electron chi connectivity index (χ2n) is 5.19. The predicted molar refractivity (Wildman–Crippen MR) is 82.1 cm³/mol. The maximum Gasteiger partial charge on any atom is 0.255 e. The van der Waals surface area contributed by atoms with Gasteiger partial charge in [-0.15, -0.1) is 11.3 Å². The normalized spacial score (nSPS) is 20.9. The molecule has 5 nitrogen and oxygen atoms in total. The molecule has 3 rings (SSSR count). The molecule has 2 N–H and O–H groups in total. The van der Waals surface area contributed by atoms with Crippen LogP contribution in [0.15, 0.2) is 35.9 Å². The summed E-state index contributed by atoms with van der Waals surface area (Å²) in [5.41, 5.74) is 1.30. The first kappa shape index (κ1) is 14.0. The fourth-order valence-electron chi connectivity index (χ4n) is 2.51. The van der Waals surface area contributed by atoms with Gasteiger partial charge in [0.1, 0.15) is 5.69 Å². The number of hydrogen-bond donors (Lipinski definition) is 2. The molecule has 2 heterocycles. The van der Waals surface area contributed by atoms with Crippen molar-refractivity contribution in [1.29, 1.82) is 0 Å². The van der Waals surface area contributed by atoms with E-state index in [2.05, 4.69) is 10.4 Å². The molecule has 110 valence electrons. The Labute approximate surface area is 126 Å². The Morgan fingerprint density at radius 1 is 1.57 bits per heavy atom. The Kier molecular flexibility index (Phi) is 3.90. The number of rotatable bonds is 4. The molecule has 0 saturated carbocycles. The smallest absolute Gasteiger partial charge is 0.255 e. The van der Waals surface area contributed by atoms with Crippen LogP contribution in [0.3, 0.4) is 0 Å². The zero-order valence-electron chi connectivity index (χ0n) is 11.7. The average Bonchev–Trinajstić information content (AvgIpc) is 3.17. The van der Waals surface area contributed by atoms with Crippen molar-refractivity contribution in [2.45, 2.75) is 12.5 Å². The van der Waals surface area contributed by atoms with Crippen LogP contribution in [0.2, 0.25) is 0 Å². The highest BCUT2D eigenvalue weighted by Crippen LogP contribution is 2.27. The van der Waals surface area contributed by atoms with Crippen LogP contribution in [-0.2, 0) is 7.05 Å². The van der Waals surface area contributed by atoms with E-state index >= 15 is 0 Å². The molecule has 0 spiro atoms. The lowest BCUT2D eigenvalue weighted by molar-refractivity contribution is 0.0941. The minimum absolute atomic E-state index is 0.0222. The largest absolute Gasteiger partial charge is 0.396 e. The molecule has 0 bridgehead atoms. The van der Waals surface area contributed by atoms with E-state index in [9.17, 15) is 4.79 Å². The van der Waals surface area contributed by atoms with E-state index in [0.717, 1.165) is 11.3 Å². The van der Waals surface area contributed by atoms with Crippen molar-refractivity contribution in [3.8, 4) is 10.6 Å².